The van der Waals surface area contributed by atoms with Crippen LogP contribution in [0, 0.1) is 0 Å². The van der Waals surface area contributed by atoms with E-state index in [9.17, 15) is 0 Å². The summed E-state index contributed by atoms with van der Waals surface area (Å²) in [6.07, 6.45) is 7.72. The average molecular weight is 296 g/mol. The van der Waals surface area contributed by atoms with Gasteiger partial charge in [-0.05, 0) is 12.8 Å². The minimum absolute atomic E-state index is 0. The largest absolute Gasteiger partial charge is 1.00 e. The van der Waals surface area contributed by atoms with E-state index >= 15 is 0 Å². The number of rotatable bonds is 5. The molecule has 1 aliphatic heterocycles. The zero-order chi connectivity index (χ0) is 8.81. The fourth-order valence-corrected chi connectivity index (χ4v) is 1.59. The van der Waals surface area contributed by atoms with E-state index in [0.717, 1.165) is 0 Å². The smallest absolute Gasteiger partial charge is 0.234 e. The Balaban J connectivity index is 0.00000144. The van der Waals surface area contributed by atoms with Crippen LogP contribution in [0.5, 0.6) is 0 Å². The van der Waals surface area contributed by atoms with Crippen LogP contribution in [0.15, 0.2) is 0 Å². The van der Waals surface area contributed by atoms with E-state index in [1.165, 1.54) is 45.3 Å². The summed E-state index contributed by atoms with van der Waals surface area (Å²) in [5.74, 6) is 0. The first-order valence-electron chi connectivity index (χ1n) is 5.12. The predicted molar refractivity (Wildman–Crippen MR) is 52.8 cm³/mol. The van der Waals surface area contributed by atoms with Crippen molar-refractivity contribution in [1.29, 1.82) is 0 Å². The summed E-state index contributed by atoms with van der Waals surface area (Å²) in [7, 11) is 2.14. The zero-order valence-corrected chi connectivity index (χ0v) is 11.0. The maximum Gasteiger partial charge on any atom is 0.234 e. The maximum absolute atomic E-state index is 2.43. The number of hydrogen-bond donors (Lipinski definition) is 0. The Morgan fingerprint density at radius 1 is 1.31 bits per heavy atom. The fourth-order valence-electron chi connectivity index (χ4n) is 1.59. The summed E-state index contributed by atoms with van der Waals surface area (Å²) in [5, 5.41) is 0. The Bertz CT molecular complexity index is 157. The molecule has 0 fully saturated rings. The van der Waals surface area contributed by atoms with Gasteiger partial charge >= 0.3 is 0 Å². The first-order chi connectivity index (χ1) is 5.83. The minimum Gasteiger partial charge on any atom is -1.00 e. The standard InChI is InChI=1S/C10H21N2.HI/c1-3-4-5-6-7-12-9-8-11(2)10-12;/h10H,3-9H2,1-2H3;1H/q+1;/p-1. The number of nitrogens with zero attached hydrogens (tertiary/aromatic N) is 2. The van der Waals surface area contributed by atoms with Gasteiger partial charge in [-0.15, -0.1) is 0 Å². The SMILES string of the molecule is CCCCCCN1C=[N+](C)CC1.[I-]. The van der Waals surface area contributed by atoms with Crippen LogP contribution in [0.2, 0.25) is 0 Å². The highest BCUT2D eigenvalue weighted by Gasteiger charge is 2.14. The van der Waals surface area contributed by atoms with Crippen LogP contribution in [0.1, 0.15) is 32.6 Å². The number of halogens is 1. The monoisotopic (exact) mass is 296 g/mol. The molecule has 3 heteroatoms. The van der Waals surface area contributed by atoms with Gasteiger partial charge in [-0.2, -0.15) is 0 Å². The van der Waals surface area contributed by atoms with Gasteiger partial charge in [-0.1, -0.05) is 19.8 Å². The second-order valence-electron chi connectivity index (χ2n) is 3.69. The van der Waals surface area contributed by atoms with Crippen LogP contribution in [-0.4, -0.2) is 42.5 Å². The van der Waals surface area contributed by atoms with Crippen molar-refractivity contribution in [2.24, 2.45) is 0 Å². The van der Waals surface area contributed by atoms with E-state index in [-0.39, 0.29) is 24.0 Å². The number of likely N-dealkylation sites (N-methyl/N-ethyl adjacent to an activating group) is 1. The quantitative estimate of drug-likeness (QED) is 0.342. The van der Waals surface area contributed by atoms with Gasteiger partial charge in [-0.25, -0.2) is 0 Å². The summed E-state index contributed by atoms with van der Waals surface area (Å²) in [4.78, 5) is 2.43. The van der Waals surface area contributed by atoms with E-state index in [1.807, 2.05) is 0 Å². The predicted octanol–water partition coefficient (Wildman–Crippen LogP) is -1.44. The molecule has 0 unspecified atom stereocenters. The van der Waals surface area contributed by atoms with E-state index in [1.54, 1.807) is 0 Å². The molecule has 0 saturated carbocycles. The Morgan fingerprint density at radius 3 is 2.62 bits per heavy atom. The second-order valence-corrected chi connectivity index (χ2v) is 3.69. The van der Waals surface area contributed by atoms with E-state index in [2.05, 4.69) is 29.8 Å². The lowest BCUT2D eigenvalue weighted by Gasteiger charge is -2.05. The summed E-state index contributed by atoms with van der Waals surface area (Å²) in [6.45, 7) is 5.94. The molecule has 78 valence electrons. The van der Waals surface area contributed by atoms with Crippen molar-refractivity contribution in [2.45, 2.75) is 32.6 Å². The van der Waals surface area contributed by atoms with Crippen molar-refractivity contribution in [2.75, 3.05) is 26.7 Å². The third kappa shape index (κ3) is 5.49. The second kappa shape index (κ2) is 7.59. The molecule has 1 heterocycles. The number of hydrogen-bond acceptors (Lipinski definition) is 1. The summed E-state index contributed by atoms with van der Waals surface area (Å²) in [5.41, 5.74) is 0. The molecular formula is C10H21IN2. The molecule has 0 radical (unpaired) electrons. The fraction of sp³-hybridized carbons (Fsp3) is 0.900. The van der Waals surface area contributed by atoms with Gasteiger partial charge < -0.3 is 24.0 Å². The highest BCUT2D eigenvalue weighted by Crippen LogP contribution is 2.01. The van der Waals surface area contributed by atoms with Crippen LogP contribution >= 0.6 is 0 Å². The van der Waals surface area contributed by atoms with Gasteiger partial charge in [0, 0.05) is 0 Å². The van der Waals surface area contributed by atoms with Crippen molar-refractivity contribution in [3.63, 3.8) is 0 Å². The lowest BCUT2D eigenvalue weighted by atomic mass is 10.2. The number of unbranched alkanes of at least 4 members (excludes halogenated alkanes) is 3. The molecule has 1 aliphatic rings. The molecule has 2 nitrogen and oxygen atoms in total. The van der Waals surface area contributed by atoms with Crippen LogP contribution < -0.4 is 24.0 Å². The van der Waals surface area contributed by atoms with Gasteiger partial charge in [0.1, 0.15) is 13.1 Å². The third-order valence-electron chi connectivity index (χ3n) is 2.40. The lowest BCUT2D eigenvalue weighted by molar-refractivity contribution is -0.482. The highest BCUT2D eigenvalue weighted by molar-refractivity contribution is 5.50. The van der Waals surface area contributed by atoms with Crippen molar-refractivity contribution in [3.05, 3.63) is 0 Å². The Morgan fingerprint density at radius 2 is 2.08 bits per heavy atom. The summed E-state index contributed by atoms with van der Waals surface area (Å²) >= 11 is 0. The van der Waals surface area contributed by atoms with Gasteiger partial charge in [0.25, 0.3) is 0 Å². The molecule has 0 aromatic rings. The third-order valence-corrected chi connectivity index (χ3v) is 2.40. The molecule has 0 bridgehead atoms. The molecule has 0 amide bonds. The molecule has 0 aliphatic carbocycles. The lowest BCUT2D eigenvalue weighted by Crippen LogP contribution is -3.00. The van der Waals surface area contributed by atoms with Crippen molar-refractivity contribution < 1.29 is 28.6 Å². The van der Waals surface area contributed by atoms with Crippen LogP contribution in [0.4, 0.5) is 0 Å². The van der Waals surface area contributed by atoms with E-state index in [0.29, 0.717) is 0 Å². The van der Waals surface area contributed by atoms with Crippen molar-refractivity contribution >= 4 is 6.34 Å². The van der Waals surface area contributed by atoms with E-state index in [4.69, 9.17) is 0 Å². The molecule has 1 rings (SSSR count). The Kier molecular flexibility index (Phi) is 7.71. The summed E-state index contributed by atoms with van der Waals surface area (Å²) in [6, 6.07) is 0. The molecule has 13 heavy (non-hydrogen) atoms. The Labute approximate surface area is 99.0 Å². The molecular weight excluding hydrogens is 275 g/mol. The first-order valence-corrected chi connectivity index (χ1v) is 5.12. The van der Waals surface area contributed by atoms with Crippen LogP contribution in [0.25, 0.3) is 0 Å². The molecule has 0 N–H and O–H groups in total. The maximum atomic E-state index is 2.43. The topological polar surface area (TPSA) is 6.25 Å². The summed E-state index contributed by atoms with van der Waals surface area (Å²) < 4.78 is 2.26. The molecule has 0 spiro atoms. The minimum atomic E-state index is 0. The highest BCUT2D eigenvalue weighted by atomic mass is 127. The normalized spacial score (nSPS) is 15.5. The van der Waals surface area contributed by atoms with Gasteiger partial charge in [0.2, 0.25) is 6.34 Å². The Hall–Kier alpha value is 0.200. The average Bonchev–Trinajstić information content (AvgIpc) is 2.45. The van der Waals surface area contributed by atoms with Crippen LogP contribution in [-0.2, 0) is 0 Å². The van der Waals surface area contributed by atoms with Crippen LogP contribution in [0.3, 0.4) is 0 Å². The molecule has 0 aromatic heterocycles. The first kappa shape index (κ1) is 13.2. The molecule has 0 aromatic carbocycles. The zero-order valence-electron chi connectivity index (χ0n) is 8.80. The van der Waals surface area contributed by atoms with Gasteiger partial charge in [0.15, 0.2) is 0 Å². The van der Waals surface area contributed by atoms with Crippen molar-refractivity contribution in [3.8, 4) is 0 Å². The van der Waals surface area contributed by atoms with Gasteiger partial charge in [0.05, 0.1) is 13.6 Å². The van der Waals surface area contributed by atoms with E-state index < -0.39 is 0 Å². The molecule has 0 saturated heterocycles. The van der Waals surface area contributed by atoms with Crippen molar-refractivity contribution in [1.82, 2.24) is 4.90 Å². The molecule has 0 atom stereocenters. The van der Waals surface area contributed by atoms with Gasteiger partial charge in [-0.3, -0.25) is 9.48 Å².